The van der Waals surface area contributed by atoms with Crippen molar-refractivity contribution in [3.05, 3.63) is 0 Å². The molecule has 5 aliphatic carbocycles. The molecule has 0 aromatic rings. The van der Waals surface area contributed by atoms with Gasteiger partial charge in [0.05, 0.1) is 12.5 Å². The lowest BCUT2D eigenvalue weighted by molar-refractivity contribution is -0.163. The number of fused-ring (bicyclic) bond motifs is 3. The quantitative estimate of drug-likeness (QED) is 0.661. The molecule has 5 aliphatic rings. The fourth-order valence-electron chi connectivity index (χ4n) is 7.44. The Morgan fingerprint density at radius 1 is 1.19 bits per heavy atom. The largest absolute Gasteiger partial charge is 0.465 e. The van der Waals surface area contributed by atoms with Crippen molar-refractivity contribution in [1.29, 1.82) is 0 Å². The standard InChI is InChI=1S/C23H36O3/c1-14(17-9-10-18-20(24)6-5-11-23(17,18)4)21(25)26-13-15-7-8-16-12-19(15)22(16,2)3/h14-19H,5-13H2,1-4H3/t14-,15?,16-,17+,18-,19+,23+/m0/s1. The summed E-state index contributed by atoms with van der Waals surface area (Å²) < 4.78 is 5.87. The molecule has 0 aromatic heterocycles. The number of ketones is 1. The van der Waals surface area contributed by atoms with Gasteiger partial charge in [0.2, 0.25) is 0 Å². The van der Waals surface area contributed by atoms with Crippen molar-refractivity contribution in [3.8, 4) is 0 Å². The van der Waals surface area contributed by atoms with Crippen LogP contribution in [0.3, 0.4) is 0 Å². The molecule has 3 nitrogen and oxygen atoms in total. The summed E-state index contributed by atoms with van der Waals surface area (Å²) in [6.45, 7) is 9.69. The van der Waals surface area contributed by atoms with Crippen LogP contribution in [0.2, 0.25) is 0 Å². The van der Waals surface area contributed by atoms with Crippen molar-refractivity contribution < 1.29 is 14.3 Å². The Kier molecular flexibility index (Phi) is 4.51. The number of Topliss-reactive ketones (excluding diaryl/α,β-unsaturated/α-hetero) is 1. The minimum atomic E-state index is -0.0818. The lowest BCUT2D eigenvalue weighted by Crippen LogP contribution is -2.53. The summed E-state index contributed by atoms with van der Waals surface area (Å²) in [5.41, 5.74) is 0.456. The summed E-state index contributed by atoms with van der Waals surface area (Å²) in [6.07, 6.45) is 8.64. The number of hydrogen-bond acceptors (Lipinski definition) is 3. The van der Waals surface area contributed by atoms with Crippen molar-refractivity contribution in [2.24, 2.45) is 46.3 Å². The van der Waals surface area contributed by atoms with Crippen LogP contribution in [0.1, 0.15) is 79.1 Å². The topological polar surface area (TPSA) is 43.4 Å². The SMILES string of the molecule is C[C@H](C(=O)OCC1CC[C@H]2C[C@H]1C2(C)C)[C@H]1CC[C@H]2C(=O)CCC[C@]12C. The van der Waals surface area contributed by atoms with Gasteiger partial charge in [-0.2, -0.15) is 0 Å². The Bertz CT molecular complexity index is 592. The summed E-state index contributed by atoms with van der Waals surface area (Å²) in [5, 5.41) is 0. The minimum Gasteiger partial charge on any atom is -0.465 e. The lowest BCUT2D eigenvalue weighted by Gasteiger charge is -2.60. The molecular formula is C23H36O3. The Morgan fingerprint density at radius 3 is 2.65 bits per heavy atom. The van der Waals surface area contributed by atoms with Crippen LogP contribution < -0.4 is 0 Å². The summed E-state index contributed by atoms with van der Waals surface area (Å²) in [7, 11) is 0. The predicted molar refractivity (Wildman–Crippen MR) is 101 cm³/mol. The zero-order valence-corrected chi connectivity index (χ0v) is 17.1. The third kappa shape index (κ3) is 2.67. The van der Waals surface area contributed by atoms with E-state index in [-0.39, 0.29) is 23.2 Å². The highest BCUT2D eigenvalue weighted by atomic mass is 16.5. The highest BCUT2D eigenvalue weighted by Gasteiger charge is 2.55. The average molecular weight is 361 g/mol. The van der Waals surface area contributed by atoms with Crippen molar-refractivity contribution in [3.63, 3.8) is 0 Å². The van der Waals surface area contributed by atoms with Gasteiger partial charge in [-0.25, -0.2) is 0 Å². The Hall–Kier alpha value is -0.860. The molecule has 26 heavy (non-hydrogen) atoms. The van der Waals surface area contributed by atoms with E-state index in [0.29, 0.717) is 29.6 Å². The van der Waals surface area contributed by atoms with Crippen LogP contribution in [0.4, 0.5) is 0 Å². The fourth-order valence-corrected chi connectivity index (χ4v) is 7.44. The second kappa shape index (κ2) is 6.34. The molecule has 0 aliphatic heterocycles. The summed E-state index contributed by atoms with van der Waals surface area (Å²) in [6, 6.07) is 0. The van der Waals surface area contributed by atoms with Gasteiger partial charge < -0.3 is 4.74 Å². The normalized spacial score (nSPS) is 44.8. The summed E-state index contributed by atoms with van der Waals surface area (Å²) in [4.78, 5) is 25.2. The molecule has 0 amide bonds. The molecule has 2 bridgehead atoms. The average Bonchev–Trinajstić information content (AvgIpc) is 2.97. The van der Waals surface area contributed by atoms with E-state index < -0.39 is 0 Å². The van der Waals surface area contributed by atoms with Crippen molar-refractivity contribution in [2.75, 3.05) is 6.61 Å². The highest BCUT2D eigenvalue weighted by Crippen LogP contribution is 2.61. The van der Waals surface area contributed by atoms with Gasteiger partial charge in [-0.05, 0) is 79.4 Å². The van der Waals surface area contributed by atoms with Crippen LogP contribution >= 0.6 is 0 Å². The van der Waals surface area contributed by atoms with Gasteiger partial charge in [-0.3, -0.25) is 9.59 Å². The minimum absolute atomic E-state index is 0.0157. The smallest absolute Gasteiger partial charge is 0.308 e. The Morgan fingerprint density at radius 2 is 1.96 bits per heavy atom. The molecule has 0 N–H and O–H groups in total. The van der Waals surface area contributed by atoms with Gasteiger partial charge in [0.1, 0.15) is 5.78 Å². The molecule has 5 fully saturated rings. The fraction of sp³-hybridized carbons (Fsp3) is 0.913. The van der Waals surface area contributed by atoms with Gasteiger partial charge in [0.25, 0.3) is 0 Å². The summed E-state index contributed by atoms with van der Waals surface area (Å²) >= 11 is 0. The number of carbonyl (C=O) groups excluding carboxylic acids is 2. The first-order chi connectivity index (χ1) is 12.2. The maximum Gasteiger partial charge on any atom is 0.308 e. The molecule has 3 heteroatoms. The van der Waals surface area contributed by atoms with E-state index in [0.717, 1.165) is 43.9 Å². The van der Waals surface area contributed by atoms with Gasteiger partial charge >= 0.3 is 5.97 Å². The number of ether oxygens (including phenoxy) is 1. The van der Waals surface area contributed by atoms with Gasteiger partial charge in [-0.15, -0.1) is 0 Å². The first-order valence-corrected chi connectivity index (χ1v) is 10.9. The van der Waals surface area contributed by atoms with Gasteiger partial charge in [-0.1, -0.05) is 27.7 Å². The molecule has 0 radical (unpaired) electrons. The number of hydrogen-bond donors (Lipinski definition) is 0. The Labute approximate surface area is 158 Å². The second-order valence-corrected chi connectivity index (χ2v) is 10.7. The van der Waals surface area contributed by atoms with E-state index in [1.54, 1.807) is 0 Å². The molecule has 0 spiro atoms. The third-order valence-electron chi connectivity index (χ3n) is 9.35. The van der Waals surface area contributed by atoms with E-state index in [2.05, 4.69) is 20.8 Å². The molecule has 0 saturated heterocycles. The monoisotopic (exact) mass is 360 g/mol. The maximum absolute atomic E-state index is 12.8. The zero-order chi connectivity index (χ0) is 18.7. The molecule has 0 heterocycles. The number of rotatable bonds is 4. The van der Waals surface area contributed by atoms with Crippen molar-refractivity contribution in [2.45, 2.75) is 79.1 Å². The van der Waals surface area contributed by atoms with Gasteiger partial charge in [0, 0.05) is 12.3 Å². The van der Waals surface area contributed by atoms with Crippen LogP contribution in [0.25, 0.3) is 0 Å². The van der Waals surface area contributed by atoms with Crippen LogP contribution in [-0.2, 0) is 14.3 Å². The first kappa shape index (κ1) is 18.5. The third-order valence-corrected chi connectivity index (χ3v) is 9.35. The van der Waals surface area contributed by atoms with E-state index in [4.69, 9.17) is 4.74 Å². The second-order valence-electron chi connectivity index (χ2n) is 10.7. The summed E-state index contributed by atoms with van der Waals surface area (Å²) in [5.74, 6) is 2.99. The molecular weight excluding hydrogens is 324 g/mol. The molecule has 5 rings (SSSR count). The molecule has 5 saturated carbocycles. The van der Waals surface area contributed by atoms with E-state index in [1.165, 1.54) is 19.3 Å². The van der Waals surface area contributed by atoms with E-state index >= 15 is 0 Å². The van der Waals surface area contributed by atoms with Crippen molar-refractivity contribution >= 4 is 11.8 Å². The van der Waals surface area contributed by atoms with Crippen LogP contribution in [0, 0.1) is 46.3 Å². The molecule has 1 unspecified atom stereocenters. The Balaban J connectivity index is 1.36. The maximum atomic E-state index is 12.8. The lowest BCUT2D eigenvalue weighted by atomic mass is 9.46. The van der Waals surface area contributed by atoms with Gasteiger partial charge in [0.15, 0.2) is 0 Å². The number of carbonyl (C=O) groups is 2. The van der Waals surface area contributed by atoms with Crippen molar-refractivity contribution in [1.82, 2.24) is 0 Å². The molecule has 7 atom stereocenters. The zero-order valence-electron chi connectivity index (χ0n) is 17.1. The number of esters is 1. The van der Waals surface area contributed by atoms with E-state index in [9.17, 15) is 9.59 Å². The molecule has 146 valence electrons. The highest BCUT2D eigenvalue weighted by molar-refractivity contribution is 5.83. The predicted octanol–water partition coefficient (Wildman–Crippen LogP) is 5.02. The van der Waals surface area contributed by atoms with Crippen LogP contribution in [0.5, 0.6) is 0 Å². The van der Waals surface area contributed by atoms with Crippen LogP contribution in [0.15, 0.2) is 0 Å². The first-order valence-electron chi connectivity index (χ1n) is 10.9. The van der Waals surface area contributed by atoms with Crippen LogP contribution in [-0.4, -0.2) is 18.4 Å². The molecule has 0 aromatic carbocycles. The van der Waals surface area contributed by atoms with E-state index in [1.807, 2.05) is 6.92 Å².